The molecule has 1 unspecified atom stereocenters. The number of nitrogens with two attached hydrogens (primary N) is 1. The molecule has 1 aromatic carbocycles. The largest absolute Gasteiger partial charge is 0.383 e. The minimum atomic E-state index is -0.243. The zero-order valence-electron chi connectivity index (χ0n) is 24.3. The summed E-state index contributed by atoms with van der Waals surface area (Å²) in [6.07, 6.45) is 10.3. The monoisotopic (exact) mass is 567 g/mol. The third-order valence-electron chi connectivity index (χ3n) is 7.33. The highest BCUT2D eigenvalue weighted by Gasteiger charge is 2.28. The first-order valence-corrected chi connectivity index (χ1v) is 14.3. The lowest BCUT2D eigenvalue weighted by atomic mass is 10.1. The number of aryl methyl sites for hydroxylation is 1. The first kappa shape index (κ1) is 28.9. The molecule has 5 rings (SSSR count). The number of anilines is 2. The summed E-state index contributed by atoms with van der Waals surface area (Å²) in [6, 6.07) is 11.0. The van der Waals surface area contributed by atoms with E-state index in [1.54, 1.807) is 24.4 Å². The predicted molar refractivity (Wildman–Crippen MR) is 164 cm³/mol. The lowest BCUT2D eigenvalue weighted by Crippen LogP contribution is -2.40. The van der Waals surface area contributed by atoms with Crippen molar-refractivity contribution in [1.29, 1.82) is 0 Å². The van der Waals surface area contributed by atoms with Gasteiger partial charge in [0.1, 0.15) is 23.7 Å². The average Bonchev–Trinajstić information content (AvgIpc) is 3.38. The Hall–Kier alpha value is -4.64. The van der Waals surface area contributed by atoms with Gasteiger partial charge < -0.3 is 20.9 Å². The minimum absolute atomic E-state index is 0.00599. The van der Waals surface area contributed by atoms with Crippen molar-refractivity contribution in [2.45, 2.75) is 38.6 Å². The quantitative estimate of drug-likeness (QED) is 0.290. The molecule has 1 aliphatic heterocycles. The number of rotatable bonds is 9. The fourth-order valence-corrected chi connectivity index (χ4v) is 5.23. The van der Waals surface area contributed by atoms with E-state index in [0.717, 1.165) is 36.8 Å². The van der Waals surface area contributed by atoms with E-state index in [4.69, 9.17) is 10.8 Å². The fraction of sp³-hybridized carbons (Fsp3) is 0.355. The number of amides is 2. The van der Waals surface area contributed by atoms with Crippen LogP contribution in [-0.2, 0) is 11.2 Å². The number of nitrogen functional groups attached to an aromatic ring is 1. The molecular weight excluding hydrogens is 530 g/mol. The Morgan fingerprint density at radius 3 is 2.71 bits per heavy atom. The van der Waals surface area contributed by atoms with Crippen LogP contribution in [0.4, 0.5) is 11.6 Å². The van der Waals surface area contributed by atoms with Crippen molar-refractivity contribution in [1.82, 2.24) is 34.5 Å². The van der Waals surface area contributed by atoms with E-state index >= 15 is 0 Å². The van der Waals surface area contributed by atoms with Crippen LogP contribution in [0.5, 0.6) is 0 Å². The molecular formula is C31H37N9O2. The Labute approximate surface area is 245 Å². The number of piperidine rings is 1. The zero-order chi connectivity index (χ0) is 29.6. The van der Waals surface area contributed by atoms with E-state index in [-0.39, 0.29) is 17.9 Å². The van der Waals surface area contributed by atoms with Crippen LogP contribution in [0.15, 0.2) is 61.1 Å². The number of carbonyl (C=O) groups is 2. The maximum atomic E-state index is 12.9. The molecule has 0 radical (unpaired) electrons. The number of carbonyl (C=O) groups excluding carboxylic acids is 2. The van der Waals surface area contributed by atoms with Gasteiger partial charge in [0, 0.05) is 43.0 Å². The van der Waals surface area contributed by atoms with Gasteiger partial charge in [-0.05, 0) is 63.2 Å². The van der Waals surface area contributed by atoms with Crippen LogP contribution in [-0.4, -0.2) is 80.1 Å². The van der Waals surface area contributed by atoms with Gasteiger partial charge in [-0.2, -0.15) is 5.10 Å². The predicted octanol–water partition coefficient (Wildman–Crippen LogP) is 3.96. The lowest BCUT2D eigenvalue weighted by Gasteiger charge is -2.32. The van der Waals surface area contributed by atoms with Gasteiger partial charge in [-0.25, -0.2) is 19.6 Å². The second kappa shape index (κ2) is 12.9. The van der Waals surface area contributed by atoms with Gasteiger partial charge in [0.2, 0.25) is 5.91 Å². The third kappa shape index (κ3) is 6.46. The maximum Gasteiger partial charge on any atom is 0.256 e. The standard InChI is InChI=1S/C31H37N9O2/c1-4-7-21-14-15-33-25(18-21)36-31(42)23-12-10-22(11-13-23)28-27-29(32)34-20-35-30(27)40(37-28)24-8-5-17-39(19-24)26(41)9-6-16-38(2)3/h6,9-15,18,20,24H,4-5,7-8,16-17,19H2,1-3H3,(H2,32,34,35)(H,33,36,42). The van der Waals surface area contributed by atoms with Crippen LogP contribution >= 0.6 is 0 Å². The summed E-state index contributed by atoms with van der Waals surface area (Å²) in [5.74, 6) is 0.607. The molecule has 11 heteroatoms. The van der Waals surface area contributed by atoms with Crippen LogP contribution in [0.25, 0.3) is 22.3 Å². The molecule has 0 aliphatic carbocycles. The molecule has 1 aliphatic rings. The molecule has 4 heterocycles. The second-order valence-electron chi connectivity index (χ2n) is 10.8. The van der Waals surface area contributed by atoms with Crippen molar-refractivity contribution in [2.75, 3.05) is 44.8 Å². The first-order valence-electron chi connectivity index (χ1n) is 14.3. The summed E-state index contributed by atoms with van der Waals surface area (Å²) in [6.45, 7) is 4.05. The minimum Gasteiger partial charge on any atom is -0.383 e. The molecule has 42 heavy (non-hydrogen) atoms. The highest BCUT2D eigenvalue weighted by Crippen LogP contribution is 2.34. The van der Waals surface area contributed by atoms with Gasteiger partial charge in [-0.1, -0.05) is 31.6 Å². The molecule has 218 valence electrons. The Balaban J connectivity index is 1.38. The molecule has 3 N–H and O–H groups in total. The van der Waals surface area contributed by atoms with Gasteiger partial charge in [0.25, 0.3) is 5.91 Å². The molecule has 1 atom stereocenters. The number of hydrogen-bond donors (Lipinski definition) is 2. The Bertz CT molecular complexity index is 1590. The molecule has 1 fully saturated rings. The van der Waals surface area contributed by atoms with Gasteiger partial charge in [-0.3, -0.25) is 9.59 Å². The van der Waals surface area contributed by atoms with Gasteiger partial charge in [0.05, 0.1) is 11.4 Å². The number of nitrogens with zero attached hydrogens (tertiary/aromatic N) is 7. The number of fused-ring (bicyclic) bond motifs is 1. The summed E-state index contributed by atoms with van der Waals surface area (Å²) in [5.41, 5.74) is 10.0. The highest BCUT2D eigenvalue weighted by atomic mass is 16.2. The number of hydrogen-bond acceptors (Lipinski definition) is 8. The SMILES string of the molecule is CCCc1ccnc(NC(=O)c2ccc(-c3nn(C4CCCN(C(=O)C=CCN(C)C)C4)c4ncnc(N)c34)cc2)c1. The van der Waals surface area contributed by atoms with Gasteiger partial charge in [-0.15, -0.1) is 0 Å². The molecule has 0 bridgehead atoms. The molecule has 1 saturated heterocycles. The van der Waals surface area contributed by atoms with Crippen LogP contribution < -0.4 is 11.1 Å². The second-order valence-corrected chi connectivity index (χ2v) is 10.8. The number of likely N-dealkylation sites (tertiary alicyclic amines) is 1. The average molecular weight is 568 g/mol. The summed E-state index contributed by atoms with van der Waals surface area (Å²) in [5, 5.41) is 8.49. The van der Waals surface area contributed by atoms with Gasteiger partial charge in [0.15, 0.2) is 5.65 Å². The molecule has 11 nitrogen and oxygen atoms in total. The van der Waals surface area contributed by atoms with Crippen molar-refractivity contribution in [3.05, 3.63) is 72.2 Å². The number of pyridine rings is 1. The van der Waals surface area contributed by atoms with Crippen molar-refractivity contribution in [3.63, 3.8) is 0 Å². The fourth-order valence-electron chi connectivity index (χ4n) is 5.23. The van der Waals surface area contributed by atoms with E-state index < -0.39 is 0 Å². The Morgan fingerprint density at radius 1 is 1.14 bits per heavy atom. The Morgan fingerprint density at radius 2 is 1.95 bits per heavy atom. The molecule has 2 amide bonds. The van der Waals surface area contributed by atoms with Crippen molar-refractivity contribution >= 4 is 34.5 Å². The van der Waals surface area contributed by atoms with Crippen molar-refractivity contribution in [3.8, 4) is 11.3 Å². The number of aromatic nitrogens is 5. The Kier molecular flexibility index (Phi) is 8.87. The van der Waals surface area contributed by atoms with Crippen molar-refractivity contribution < 1.29 is 9.59 Å². The number of likely N-dealkylation sites (N-methyl/N-ethyl adjacent to an activating group) is 1. The van der Waals surface area contributed by atoms with Crippen LogP contribution in [0.2, 0.25) is 0 Å². The number of nitrogens with one attached hydrogen (secondary N) is 1. The first-order chi connectivity index (χ1) is 20.3. The van der Waals surface area contributed by atoms with Crippen LogP contribution in [0.1, 0.15) is 48.1 Å². The zero-order valence-corrected chi connectivity index (χ0v) is 24.3. The summed E-state index contributed by atoms with van der Waals surface area (Å²) < 4.78 is 1.88. The normalized spacial score (nSPS) is 15.5. The smallest absolute Gasteiger partial charge is 0.256 e. The lowest BCUT2D eigenvalue weighted by molar-refractivity contribution is -0.127. The van der Waals surface area contributed by atoms with E-state index in [9.17, 15) is 9.59 Å². The van der Waals surface area contributed by atoms with E-state index in [2.05, 4.69) is 27.2 Å². The van der Waals surface area contributed by atoms with Crippen molar-refractivity contribution in [2.24, 2.45) is 0 Å². The molecule has 3 aromatic heterocycles. The van der Waals surface area contributed by atoms with E-state index in [1.807, 2.05) is 58.9 Å². The van der Waals surface area contributed by atoms with Gasteiger partial charge >= 0.3 is 0 Å². The maximum absolute atomic E-state index is 12.9. The van der Waals surface area contributed by atoms with Crippen LogP contribution in [0.3, 0.4) is 0 Å². The van der Waals surface area contributed by atoms with E-state index in [1.165, 1.54) is 6.33 Å². The molecule has 0 saturated carbocycles. The summed E-state index contributed by atoms with van der Waals surface area (Å²) >= 11 is 0. The van der Waals surface area contributed by atoms with Crippen LogP contribution in [0, 0.1) is 0 Å². The van der Waals surface area contributed by atoms with E-state index in [0.29, 0.717) is 53.6 Å². The molecule has 4 aromatic rings. The molecule has 0 spiro atoms. The third-order valence-corrected chi connectivity index (χ3v) is 7.33. The summed E-state index contributed by atoms with van der Waals surface area (Å²) in [4.78, 5) is 42.7. The topological polar surface area (TPSA) is 135 Å². The number of benzene rings is 1. The summed E-state index contributed by atoms with van der Waals surface area (Å²) in [7, 11) is 3.93. The highest BCUT2D eigenvalue weighted by molar-refractivity contribution is 6.04.